The molecule has 7 nitrogen and oxygen atoms in total. The van der Waals surface area contributed by atoms with Gasteiger partial charge in [-0.15, -0.1) is 11.3 Å². The number of amides is 1. The maximum atomic E-state index is 12.4. The van der Waals surface area contributed by atoms with E-state index >= 15 is 0 Å². The van der Waals surface area contributed by atoms with Crippen LogP contribution < -0.4 is 16.6 Å². The van der Waals surface area contributed by atoms with Gasteiger partial charge < -0.3 is 10.4 Å². The highest BCUT2D eigenvalue weighted by molar-refractivity contribution is 7.10. The van der Waals surface area contributed by atoms with Gasteiger partial charge in [0.05, 0.1) is 12.1 Å². The van der Waals surface area contributed by atoms with Crippen molar-refractivity contribution in [3.8, 4) is 0 Å². The van der Waals surface area contributed by atoms with Crippen LogP contribution in [0.1, 0.15) is 29.3 Å². The van der Waals surface area contributed by atoms with Crippen LogP contribution in [-0.2, 0) is 11.3 Å². The Bertz CT molecular complexity index is 834. The molecule has 1 fully saturated rings. The van der Waals surface area contributed by atoms with Gasteiger partial charge in [0.1, 0.15) is 6.54 Å². The summed E-state index contributed by atoms with van der Waals surface area (Å²) in [5.41, 5.74) is -0.677. The number of aromatic nitrogens is 2. The number of aliphatic hydroxyl groups is 1. The number of H-pyrrole nitrogens is 1. The third-order valence-electron chi connectivity index (χ3n) is 4.29. The SMILES string of the molecule is Cc1cn(CC(=O)N[C@H](c2cccs2)C2CC(O)C2)c(=O)[nH]c1=O. The summed E-state index contributed by atoms with van der Waals surface area (Å²) in [6, 6.07) is 3.71. The van der Waals surface area contributed by atoms with Gasteiger partial charge in [-0.05, 0) is 37.1 Å². The molecule has 1 aliphatic carbocycles. The van der Waals surface area contributed by atoms with Gasteiger partial charge >= 0.3 is 5.69 Å². The van der Waals surface area contributed by atoms with Gasteiger partial charge in [-0.2, -0.15) is 0 Å². The first-order valence-corrected chi connectivity index (χ1v) is 8.63. The number of carbonyl (C=O) groups excluding carboxylic acids is 1. The molecule has 3 rings (SSSR count). The molecule has 2 aromatic rings. The van der Waals surface area contributed by atoms with E-state index in [1.54, 1.807) is 18.3 Å². The summed E-state index contributed by atoms with van der Waals surface area (Å²) < 4.78 is 1.19. The number of rotatable bonds is 5. The lowest BCUT2D eigenvalue weighted by molar-refractivity contribution is -0.123. The normalized spacial score (nSPS) is 21.1. The van der Waals surface area contributed by atoms with E-state index in [0.29, 0.717) is 18.4 Å². The summed E-state index contributed by atoms with van der Waals surface area (Å²) >= 11 is 1.55. The predicted octanol–water partition coefficient (Wildman–Crippen LogP) is 0.535. The van der Waals surface area contributed by atoms with Crippen LogP contribution in [0.4, 0.5) is 0 Å². The highest BCUT2D eigenvalue weighted by Gasteiger charge is 2.36. The molecule has 8 heteroatoms. The largest absolute Gasteiger partial charge is 0.393 e. The zero-order valence-corrected chi connectivity index (χ0v) is 14.0. The molecule has 0 aliphatic heterocycles. The van der Waals surface area contributed by atoms with Crippen molar-refractivity contribution >= 4 is 17.2 Å². The summed E-state index contributed by atoms with van der Waals surface area (Å²) in [5, 5.41) is 14.4. The average molecular weight is 349 g/mol. The Hall–Kier alpha value is -2.19. The Morgan fingerprint density at radius 3 is 2.88 bits per heavy atom. The van der Waals surface area contributed by atoms with Crippen molar-refractivity contribution in [1.82, 2.24) is 14.9 Å². The summed E-state index contributed by atoms with van der Waals surface area (Å²) in [6.45, 7) is 1.42. The molecule has 1 saturated carbocycles. The minimum absolute atomic E-state index is 0.159. The molecule has 0 bridgehead atoms. The lowest BCUT2D eigenvalue weighted by Gasteiger charge is -2.37. The third kappa shape index (κ3) is 3.49. The number of thiophene rings is 1. The van der Waals surface area contributed by atoms with Crippen molar-refractivity contribution < 1.29 is 9.90 Å². The monoisotopic (exact) mass is 349 g/mol. The Balaban J connectivity index is 1.73. The fourth-order valence-corrected chi connectivity index (χ4v) is 3.77. The van der Waals surface area contributed by atoms with E-state index in [4.69, 9.17) is 0 Å². The Morgan fingerprint density at radius 2 is 2.25 bits per heavy atom. The smallest absolute Gasteiger partial charge is 0.328 e. The van der Waals surface area contributed by atoms with Crippen LogP contribution >= 0.6 is 11.3 Å². The zero-order chi connectivity index (χ0) is 17.3. The Morgan fingerprint density at radius 1 is 1.50 bits per heavy atom. The number of aliphatic hydroxyl groups excluding tert-OH is 1. The quantitative estimate of drug-likeness (QED) is 0.732. The highest BCUT2D eigenvalue weighted by atomic mass is 32.1. The van der Waals surface area contributed by atoms with Crippen molar-refractivity contribution in [2.75, 3.05) is 0 Å². The maximum Gasteiger partial charge on any atom is 0.328 e. The second kappa shape index (κ2) is 6.74. The standard InChI is InChI=1S/C16H19N3O4S/c1-9-7-19(16(23)18-15(9)22)8-13(21)17-14(10-5-11(20)6-10)12-3-2-4-24-12/h2-4,7,10-11,14,20H,5-6,8H2,1H3,(H,17,21)(H,18,22,23)/t10?,11?,14-/m0/s1. The molecule has 1 atom stereocenters. The number of hydrogen-bond donors (Lipinski definition) is 3. The number of hydrogen-bond acceptors (Lipinski definition) is 5. The number of nitrogens with zero attached hydrogens (tertiary/aromatic N) is 1. The summed E-state index contributed by atoms with van der Waals surface area (Å²) in [6.07, 6.45) is 2.38. The molecule has 0 radical (unpaired) electrons. The van der Waals surface area contributed by atoms with E-state index in [-0.39, 0.29) is 30.5 Å². The molecule has 2 aromatic heterocycles. The van der Waals surface area contributed by atoms with E-state index in [9.17, 15) is 19.5 Å². The van der Waals surface area contributed by atoms with Crippen molar-refractivity contribution in [1.29, 1.82) is 0 Å². The summed E-state index contributed by atoms with van der Waals surface area (Å²) in [4.78, 5) is 38.8. The number of aromatic amines is 1. The van der Waals surface area contributed by atoms with E-state index in [1.165, 1.54) is 10.8 Å². The number of nitrogens with one attached hydrogen (secondary N) is 2. The van der Waals surface area contributed by atoms with Crippen molar-refractivity contribution in [3.05, 3.63) is 55.0 Å². The van der Waals surface area contributed by atoms with Crippen molar-refractivity contribution in [2.45, 2.75) is 38.5 Å². The first-order chi connectivity index (χ1) is 11.4. The topological polar surface area (TPSA) is 104 Å². The molecule has 1 aliphatic rings. The minimum Gasteiger partial charge on any atom is -0.393 e. The number of aryl methyl sites for hydroxylation is 1. The summed E-state index contributed by atoms with van der Waals surface area (Å²) in [7, 11) is 0. The molecular weight excluding hydrogens is 330 g/mol. The van der Waals surface area contributed by atoms with Crippen LogP contribution in [0.2, 0.25) is 0 Å². The van der Waals surface area contributed by atoms with Crippen LogP contribution in [0.3, 0.4) is 0 Å². The van der Waals surface area contributed by atoms with Gasteiger partial charge in [-0.1, -0.05) is 6.07 Å². The van der Waals surface area contributed by atoms with Crippen LogP contribution in [0.25, 0.3) is 0 Å². The Kier molecular flexibility index (Phi) is 4.68. The van der Waals surface area contributed by atoms with E-state index in [2.05, 4.69) is 10.3 Å². The minimum atomic E-state index is -0.604. The number of carbonyl (C=O) groups is 1. The second-order valence-corrected chi connectivity index (χ2v) is 7.12. The lowest BCUT2D eigenvalue weighted by atomic mass is 9.77. The molecule has 128 valence electrons. The van der Waals surface area contributed by atoms with E-state index in [0.717, 1.165) is 4.88 Å². The molecule has 0 saturated heterocycles. The van der Waals surface area contributed by atoms with Gasteiger partial charge in [0.25, 0.3) is 5.56 Å². The van der Waals surface area contributed by atoms with Gasteiger partial charge in [-0.3, -0.25) is 19.1 Å². The van der Waals surface area contributed by atoms with E-state index < -0.39 is 11.2 Å². The highest BCUT2D eigenvalue weighted by Crippen LogP contribution is 2.39. The first-order valence-electron chi connectivity index (χ1n) is 7.75. The van der Waals surface area contributed by atoms with Gasteiger partial charge in [0.2, 0.25) is 5.91 Å². The molecule has 0 unspecified atom stereocenters. The van der Waals surface area contributed by atoms with Crippen LogP contribution in [0.15, 0.2) is 33.3 Å². The molecule has 0 aromatic carbocycles. The molecule has 2 heterocycles. The van der Waals surface area contributed by atoms with Crippen LogP contribution in [-0.4, -0.2) is 26.7 Å². The average Bonchev–Trinajstić information content (AvgIpc) is 3.01. The molecule has 1 amide bonds. The van der Waals surface area contributed by atoms with E-state index in [1.807, 2.05) is 17.5 Å². The lowest BCUT2D eigenvalue weighted by Crippen LogP contribution is -2.43. The third-order valence-corrected chi connectivity index (χ3v) is 5.25. The fourth-order valence-electron chi connectivity index (χ4n) is 2.90. The molecule has 0 spiro atoms. The van der Waals surface area contributed by atoms with Crippen LogP contribution in [0.5, 0.6) is 0 Å². The van der Waals surface area contributed by atoms with Gasteiger partial charge in [0.15, 0.2) is 0 Å². The molecular formula is C16H19N3O4S. The predicted molar refractivity (Wildman–Crippen MR) is 90.0 cm³/mol. The Labute approximate surface area is 142 Å². The van der Waals surface area contributed by atoms with Crippen molar-refractivity contribution in [2.24, 2.45) is 5.92 Å². The van der Waals surface area contributed by atoms with Gasteiger partial charge in [0, 0.05) is 16.6 Å². The van der Waals surface area contributed by atoms with Crippen LogP contribution in [0, 0.1) is 12.8 Å². The fraction of sp³-hybridized carbons (Fsp3) is 0.438. The second-order valence-electron chi connectivity index (χ2n) is 6.15. The molecule has 24 heavy (non-hydrogen) atoms. The first kappa shape index (κ1) is 16.7. The summed E-state index contributed by atoms with van der Waals surface area (Å²) in [5.74, 6) is -0.111. The maximum absolute atomic E-state index is 12.4. The van der Waals surface area contributed by atoms with Gasteiger partial charge in [-0.25, -0.2) is 4.79 Å². The van der Waals surface area contributed by atoms with Crippen molar-refractivity contribution in [3.63, 3.8) is 0 Å². The zero-order valence-electron chi connectivity index (χ0n) is 13.2. The molecule has 3 N–H and O–H groups in total.